The zero-order chi connectivity index (χ0) is 22.8. The first-order valence-electron chi connectivity index (χ1n) is 10.7. The highest BCUT2D eigenvalue weighted by molar-refractivity contribution is 6.30. The Labute approximate surface area is 202 Å². The SMILES string of the molecule is Cc1ccc2c(c1)C1(c3ccc(Cl)cc3)Oc3ccc(C)cc3C(c3ccc(Cl)cc3)(O2)O1. The van der Waals surface area contributed by atoms with Crippen LogP contribution in [0.25, 0.3) is 0 Å². The molecule has 0 fully saturated rings. The van der Waals surface area contributed by atoms with Crippen LogP contribution in [0.15, 0.2) is 84.9 Å². The summed E-state index contributed by atoms with van der Waals surface area (Å²) in [5, 5.41) is 1.28. The second-order valence-electron chi connectivity index (χ2n) is 8.55. The second-order valence-corrected chi connectivity index (χ2v) is 9.43. The molecule has 6 rings (SSSR count). The van der Waals surface area contributed by atoms with Crippen molar-refractivity contribution in [3.05, 3.63) is 128 Å². The lowest BCUT2D eigenvalue weighted by Gasteiger charge is -2.52. The average Bonchev–Trinajstić information content (AvgIpc) is 2.81. The van der Waals surface area contributed by atoms with E-state index in [9.17, 15) is 0 Å². The van der Waals surface area contributed by atoms with Gasteiger partial charge in [0.1, 0.15) is 11.5 Å². The number of halogens is 2. The first kappa shape index (κ1) is 20.6. The van der Waals surface area contributed by atoms with Crippen LogP contribution in [-0.4, -0.2) is 0 Å². The minimum atomic E-state index is -1.23. The maximum absolute atomic E-state index is 6.98. The zero-order valence-electron chi connectivity index (χ0n) is 18.1. The topological polar surface area (TPSA) is 27.7 Å². The Morgan fingerprint density at radius 1 is 0.545 bits per heavy atom. The third-order valence-electron chi connectivity index (χ3n) is 6.22. The van der Waals surface area contributed by atoms with E-state index in [1.165, 1.54) is 0 Å². The molecular weight excluding hydrogens is 455 g/mol. The molecule has 3 nitrogen and oxygen atoms in total. The lowest BCUT2D eigenvalue weighted by molar-refractivity contribution is -0.322. The van der Waals surface area contributed by atoms with Crippen molar-refractivity contribution in [3.8, 4) is 11.5 Å². The molecule has 2 aliphatic heterocycles. The van der Waals surface area contributed by atoms with Crippen molar-refractivity contribution >= 4 is 23.2 Å². The molecule has 0 aromatic heterocycles. The normalized spacial score (nSPS) is 22.5. The minimum Gasteiger partial charge on any atom is -0.453 e. The molecule has 0 saturated carbocycles. The Morgan fingerprint density at radius 2 is 0.939 bits per heavy atom. The lowest BCUT2D eigenvalue weighted by Crippen LogP contribution is -2.56. The van der Waals surface area contributed by atoms with Crippen molar-refractivity contribution in [2.75, 3.05) is 0 Å². The standard InChI is InChI=1S/C28H20Cl2O3/c1-17-3-13-25-23(15-17)27(19-5-9-21(29)10-6-19)32-26-14-4-18(2)16-24(26)28(31-25,33-27)20-7-11-22(30)12-8-20/h3-16H,1-2H3. The number of ether oxygens (including phenoxy) is 3. The Morgan fingerprint density at radius 3 is 1.33 bits per heavy atom. The molecule has 5 heteroatoms. The molecule has 0 aliphatic carbocycles. The molecule has 2 heterocycles. The van der Waals surface area contributed by atoms with Crippen molar-refractivity contribution in [2.45, 2.75) is 25.4 Å². The van der Waals surface area contributed by atoms with E-state index in [0.29, 0.717) is 21.5 Å². The number of fused-ring (bicyclic) bond motifs is 6. The molecule has 2 atom stereocenters. The highest BCUT2D eigenvalue weighted by Gasteiger charge is 2.60. The van der Waals surface area contributed by atoms with Crippen molar-refractivity contribution < 1.29 is 14.2 Å². The van der Waals surface area contributed by atoms with Crippen LogP contribution in [0.1, 0.15) is 33.4 Å². The summed E-state index contributed by atoms with van der Waals surface area (Å²) in [5.41, 5.74) is 5.41. The molecule has 4 aromatic rings. The van der Waals surface area contributed by atoms with E-state index in [1.807, 2.05) is 86.6 Å². The number of hydrogen-bond acceptors (Lipinski definition) is 3. The summed E-state index contributed by atoms with van der Waals surface area (Å²) in [6.07, 6.45) is 0. The van der Waals surface area contributed by atoms with Crippen LogP contribution in [0.5, 0.6) is 11.5 Å². The van der Waals surface area contributed by atoms with E-state index in [0.717, 1.165) is 33.4 Å². The molecule has 2 unspecified atom stereocenters. The van der Waals surface area contributed by atoms with Crippen molar-refractivity contribution in [1.82, 2.24) is 0 Å². The molecule has 0 N–H and O–H groups in total. The first-order valence-corrected chi connectivity index (χ1v) is 11.5. The van der Waals surface area contributed by atoms with E-state index in [4.69, 9.17) is 37.4 Å². The van der Waals surface area contributed by atoms with Crippen LogP contribution in [0.2, 0.25) is 10.0 Å². The smallest absolute Gasteiger partial charge is 0.271 e. The lowest BCUT2D eigenvalue weighted by atomic mass is 9.86. The van der Waals surface area contributed by atoms with Gasteiger partial charge < -0.3 is 9.47 Å². The Bertz CT molecular complexity index is 1270. The Kier molecular flexibility index (Phi) is 4.54. The van der Waals surface area contributed by atoms with Gasteiger partial charge in [-0.3, -0.25) is 4.74 Å². The molecule has 0 radical (unpaired) electrons. The first-order chi connectivity index (χ1) is 15.9. The van der Waals surface area contributed by atoms with Gasteiger partial charge in [0.15, 0.2) is 0 Å². The van der Waals surface area contributed by atoms with Gasteiger partial charge in [-0.1, -0.05) is 70.7 Å². The van der Waals surface area contributed by atoms with Gasteiger partial charge in [0.05, 0.1) is 11.1 Å². The molecule has 33 heavy (non-hydrogen) atoms. The molecular formula is C28H20Cl2O3. The third kappa shape index (κ3) is 3.07. The fourth-order valence-electron chi connectivity index (χ4n) is 4.64. The largest absolute Gasteiger partial charge is 0.453 e. The fraction of sp³-hybridized carbons (Fsp3) is 0.143. The molecule has 2 aliphatic rings. The predicted octanol–water partition coefficient (Wildman–Crippen LogP) is 7.51. The van der Waals surface area contributed by atoms with Gasteiger partial charge in [0, 0.05) is 21.2 Å². The van der Waals surface area contributed by atoms with Gasteiger partial charge in [-0.2, -0.15) is 0 Å². The van der Waals surface area contributed by atoms with Gasteiger partial charge in [-0.15, -0.1) is 0 Å². The van der Waals surface area contributed by atoms with Crippen molar-refractivity contribution in [2.24, 2.45) is 0 Å². The number of rotatable bonds is 2. The predicted molar refractivity (Wildman–Crippen MR) is 129 cm³/mol. The van der Waals surface area contributed by atoms with E-state index < -0.39 is 11.6 Å². The summed E-state index contributed by atoms with van der Waals surface area (Å²) < 4.78 is 20.5. The Balaban J connectivity index is 1.71. The highest BCUT2D eigenvalue weighted by Crippen LogP contribution is 2.58. The van der Waals surface area contributed by atoms with E-state index in [1.54, 1.807) is 0 Å². The molecule has 2 bridgehead atoms. The van der Waals surface area contributed by atoms with Crippen LogP contribution < -0.4 is 9.47 Å². The summed E-state index contributed by atoms with van der Waals surface area (Å²) in [6.45, 7) is 4.08. The second kappa shape index (κ2) is 7.26. The minimum absolute atomic E-state index is 0.641. The summed E-state index contributed by atoms with van der Waals surface area (Å²) in [4.78, 5) is 0. The van der Waals surface area contributed by atoms with Crippen LogP contribution in [0.4, 0.5) is 0 Å². The summed E-state index contributed by atoms with van der Waals surface area (Å²) >= 11 is 12.5. The fourth-order valence-corrected chi connectivity index (χ4v) is 4.89. The number of hydrogen-bond donors (Lipinski definition) is 0. The molecule has 0 saturated heterocycles. The monoisotopic (exact) mass is 474 g/mol. The number of aryl methyl sites for hydroxylation is 2. The summed E-state index contributed by atoms with van der Waals surface area (Å²) in [5.74, 6) is -1.06. The van der Waals surface area contributed by atoms with Crippen molar-refractivity contribution in [1.29, 1.82) is 0 Å². The van der Waals surface area contributed by atoms with Gasteiger partial charge in [0.25, 0.3) is 11.6 Å². The molecule has 4 aromatic carbocycles. The van der Waals surface area contributed by atoms with Crippen LogP contribution in [0.3, 0.4) is 0 Å². The zero-order valence-corrected chi connectivity index (χ0v) is 19.6. The van der Waals surface area contributed by atoms with Crippen LogP contribution in [0, 0.1) is 13.8 Å². The maximum atomic E-state index is 6.98. The maximum Gasteiger partial charge on any atom is 0.271 e. The summed E-state index contributed by atoms with van der Waals surface area (Å²) in [7, 11) is 0. The van der Waals surface area contributed by atoms with Gasteiger partial charge >= 0.3 is 0 Å². The van der Waals surface area contributed by atoms with Crippen LogP contribution in [-0.2, 0) is 16.3 Å². The van der Waals surface area contributed by atoms with E-state index in [-0.39, 0.29) is 0 Å². The van der Waals surface area contributed by atoms with Gasteiger partial charge in [-0.25, -0.2) is 0 Å². The van der Waals surface area contributed by atoms with Gasteiger partial charge in [-0.05, 0) is 62.4 Å². The van der Waals surface area contributed by atoms with E-state index in [2.05, 4.69) is 12.1 Å². The van der Waals surface area contributed by atoms with E-state index >= 15 is 0 Å². The van der Waals surface area contributed by atoms with Gasteiger partial charge in [0.2, 0.25) is 0 Å². The third-order valence-corrected chi connectivity index (χ3v) is 6.73. The quantitative estimate of drug-likeness (QED) is 0.300. The molecule has 0 spiro atoms. The van der Waals surface area contributed by atoms with Crippen LogP contribution >= 0.6 is 23.2 Å². The van der Waals surface area contributed by atoms with Crippen molar-refractivity contribution in [3.63, 3.8) is 0 Å². The highest BCUT2D eigenvalue weighted by atomic mass is 35.5. The Hall–Kier alpha value is -2.98. The molecule has 0 amide bonds. The average molecular weight is 475 g/mol. The molecule has 164 valence electrons. The summed E-state index contributed by atoms with van der Waals surface area (Å²) in [6, 6.07) is 27.2. The number of benzene rings is 4.